The summed E-state index contributed by atoms with van der Waals surface area (Å²) in [7, 11) is 0. The van der Waals surface area contributed by atoms with E-state index in [1.54, 1.807) is 0 Å². The highest BCUT2D eigenvalue weighted by Crippen LogP contribution is 2.23. The number of rotatable bonds is 2. The number of aromatic nitrogens is 2. The van der Waals surface area contributed by atoms with E-state index >= 15 is 0 Å². The highest BCUT2D eigenvalue weighted by Gasteiger charge is 2.08. The molecule has 0 saturated carbocycles. The van der Waals surface area contributed by atoms with E-state index in [4.69, 9.17) is 4.74 Å². The van der Waals surface area contributed by atoms with Crippen LogP contribution < -0.4 is 10.3 Å². The van der Waals surface area contributed by atoms with E-state index in [1.807, 2.05) is 48.6 Å². The van der Waals surface area contributed by atoms with Crippen LogP contribution in [0.25, 0.3) is 0 Å². The molecular formula is C12H11IN2O2. The van der Waals surface area contributed by atoms with Gasteiger partial charge in [-0.25, -0.2) is 4.98 Å². The summed E-state index contributed by atoms with van der Waals surface area (Å²) in [5.74, 6) is 1.03. The Labute approximate surface area is 112 Å². The molecule has 4 nitrogen and oxygen atoms in total. The van der Waals surface area contributed by atoms with Gasteiger partial charge in [0.2, 0.25) is 5.88 Å². The SMILES string of the molecule is Cc1cc(C)cc(Oc2nc[nH]c(=O)c2I)c1. The van der Waals surface area contributed by atoms with Gasteiger partial charge in [-0.2, -0.15) is 0 Å². The third-order valence-corrected chi connectivity index (χ3v) is 3.13. The Kier molecular flexibility index (Phi) is 3.46. The Morgan fingerprint density at radius 1 is 1.24 bits per heavy atom. The Morgan fingerprint density at radius 3 is 2.53 bits per heavy atom. The maximum atomic E-state index is 11.4. The van der Waals surface area contributed by atoms with Crippen molar-refractivity contribution in [2.45, 2.75) is 13.8 Å². The van der Waals surface area contributed by atoms with E-state index < -0.39 is 0 Å². The Morgan fingerprint density at radius 2 is 1.88 bits per heavy atom. The largest absolute Gasteiger partial charge is 0.438 e. The second kappa shape index (κ2) is 4.87. The Hall–Kier alpha value is -1.37. The van der Waals surface area contributed by atoms with Crippen molar-refractivity contribution >= 4 is 22.6 Å². The lowest BCUT2D eigenvalue weighted by atomic mass is 10.1. The summed E-state index contributed by atoms with van der Waals surface area (Å²) in [5.41, 5.74) is 2.03. The first-order valence-electron chi connectivity index (χ1n) is 5.05. The number of nitrogens with one attached hydrogen (secondary N) is 1. The molecule has 2 aromatic rings. The van der Waals surface area contributed by atoms with Gasteiger partial charge < -0.3 is 9.72 Å². The van der Waals surface area contributed by atoms with Crippen molar-refractivity contribution in [2.75, 3.05) is 0 Å². The number of hydrogen-bond acceptors (Lipinski definition) is 3. The van der Waals surface area contributed by atoms with Gasteiger partial charge in [-0.3, -0.25) is 4.79 Å². The van der Waals surface area contributed by atoms with Crippen LogP contribution in [0.2, 0.25) is 0 Å². The molecule has 0 atom stereocenters. The fourth-order valence-corrected chi connectivity index (χ4v) is 1.95. The van der Waals surface area contributed by atoms with E-state index in [0.29, 0.717) is 15.2 Å². The molecule has 0 bridgehead atoms. The summed E-state index contributed by atoms with van der Waals surface area (Å²) in [6, 6.07) is 5.88. The zero-order valence-corrected chi connectivity index (χ0v) is 11.6. The van der Waals surface area contributed by atoms with Crippen LogP contribution in [0.5, 0.6) is 11.6 Å². The summed E-state index contributed by atoms with van der Waals surface area (Å²) >= 11 is 1.92. The molecule has 1 N–H and O–H groups in total. The van der Waals surface area contributed by atoms with Crippen LogP contribution >= 0.6 is 22.6 Å². The molecule has 2 rings (SSSR count). The molecule has 1 aromatic carbocycles. The maximum absolute atomic E-state index is 11.4. The summed E-state index contributed by atoms with van der Waals surface area (Å²) in [4.78, 5) is 17.9. The van der Waals surface area contributed by atoms with Gasteiger partial charge in [0, 0.05) is 0 Å². The van der Waals surface area contributed by atoms with E-state index in [9.17, 15) is 4.79 Å². The molecule has 0 unspecified atom stereocenters. The Balaban J connectivity index is 2.38. The maximum Gasteiger partial charge on any atom is 0.268 e. The zero-order valence-electron chi connectivity index (χ0n) is 9.45. The van der Waals surface area contributed by atoms with Crippen molar-refractivity contribution < 1.29 is 4.74 Å². The predicted molar refractivity (Wildman–Crippen MR) is 73.6 cm³/mol. The third kappa shape index (κ3) is 2.85. The van der Waals surface area contributed by atoms with Gasteiger partial charge in [-0.1, -0.05) is 6.07 Å². The minimum absolute atomic E-state index is 0.194. The summed E-state index contributed by atoms with van der Waals surface area (Å²) < 4.78 is 6.06. The van der Waals surface area contributed by atoms with Gasteiger partial charge in [0.1, 0.15) is 9.32 Å². The van der Waals surface area contributed by atoms with Gasteiger partial charge in [0.25, 0.3) is 5.56 Å². The van der Waals surface area contributed by atoms with Crippen molar-refractivity contribution in [3.05, 3.63) is 49.6 Å². The third-order valence-electron chi connectivity index (χ3n) is 2.17. The van der Waals surface area contributed by atoms with Crippen molar-refractivity contribution in [3.8, 4) is 11.6 Å². The molecule has 0 aliphatic heterocycles. The molecule has 1 heterocycles. The van der Waals surface area contributed by atoms with Crippen LogP contribution in [0, 0.1) is 17.4 Å². The van der Waals surface area contributed by atoms with Crippen molar-refractivity contribution in [1.82, 2.24) is 9.97 Å². The zero-order chi connectivity index (χ0) is 12.4. The lowest BCUT2D eigenvalue weighted by Gasteiger charge is -2.07. The van der Waals surface area contributed by atoms with Gasteiger partial charge in [-0.05, 0) is 59.7 Å². The predicted octanol–water partition coefficient (Wildman–Crippen LogP) is 2.78. The number of hydrogen-bond donors (Lipinski definition) is 1. The summed E-state index contributed by atoms with van der Waals surface area (Å²) in [5, 5.41) is 0. The average Bonchev–Trinajstić information content (AvgIpc) is 2.23. The lowest BCUT2D eigenvalue weighted by molar-refractivity contribution is 0.456. The van der Waals surface area contributed by atoms with Gasteiger partial charge in [0.15, 0.2) is 0 Å². The molecule has 0 fully saturated rings. The normalized spacial score (nSPS) is 10.3. The minimum atomic E-state index is -0.194. The van der Waals surface area contributed by atoms with Crippen LogP contribution in [0.1, 0.15) is 11.1 Å². The topological polar surface area (TPSA) is 55.0 Å². The number of benzene rings is 1. The number of aryl methyl sites for hydroxylation is 2. The highest BCUT2D eigenvalue weighted by molar-refractivity contribution is 14.1. The first kappa shape index (κ1) is 12.1. The average molecular weight is 342 g/mol. The number of nitrogens with zero attached hydrogens (tertiary/aromatic N) is 1. The van der Waals surface area contributed by atoms with Crippen molar-refractivity contribution in [1.29, 1.82) is 0 Å². The second-order valence-electron chi connectivity index (χ2n) is 3.78. The fourth-order valence-electron chi connectivity index (χ4n) is 1.54. The van der Waals surface area contributed by atoms with Crippen molar-refractivity contribution in [2.24, 2.45) is 0 Å². The smallest absolute Gasteiger partial charge is 0.268 e. The van der Waals surface area contributed by atoms with Crippen LogP contribution in [0.3, 0.4) is 0 Å². The van der Waals surface area contributed by atoms with Gasteiger partial charge >= 0.3 is 0 Å². The Bertz CT molecular complexity index is 587. The van der Waals surface area contributed by atoms with E-state index in [2.05, 4.69) is 16.0 Å². The molecule has 0 aliphatic carbocycles. The second-order valence-corrected chi connectivity index (χ2v) is 4.86. The number of aromatic amines is 1. The van der Waals surface area contributed by atoms with Crippen LogP contribution in [0.15, 0.2) is 29.3 Å². The molecule has 1 aromatic heterocycles. The van der Waals surface area contributed by atoms with Crippen LogP contribution in [0.4, 0.5) is 0 Å². The monoisotopic (exact) mass is 342 g/mol. The van der Waals surface area contributed by atoms with Gasteiger partial charge in [0.05, 0.1) is 6.33 Å². The first-order chi connectivity index (χ1) is 8.06. The lowest BCUT2D eigenvalue weighted by Crippen LogP contribution is -2.11. The molecule has 0 radical (unpaired) electrons. The highest BCUT2D eigenvalue weighted by atomic mass is 127. The number of ether oxygens (including phenoxy) is 1. The van der Waals surface area contributed by atoms with E-state index in [1.165, 1.54) is 6.33 Å². The molecule has 0 saturated heterocycles. The molecule has 0 aliphatic rings. The summed E-state index contributed by atoms with van der Waals surface area (Å²) in [6.07, 6.45) is 1.34. The van der Waals surface area contributed by atoms with Crippen LogP contribution in [-0.4, -0.2) is 9.97 Å². The van der Waals surface area contributed by atoms with Gasteiger partial charge in [-0.15, -0.1) is 0 Å². The molecule has 17 heavy (non-hydrogen) atoms. The molecule has 0 spiro atoms. The quantitative estimate of drug-likeness (QED) is 0.854. The summed E-state index contributed by atoms with van der Waals surface area (Å²) in [6.45, 7) is 3.99. The van der Waals surface area contributed by atoms with Crippen LogP contribution in [-0.2, 0) is 0 Å². The minimum Gasteiger partial charge on any atom is -0.438 e. The van der Waals surface area contributed by atoms with E-state index in [-0.39, 0.29) is 5.56 Å². The first-order valence-corrected chi connectivity index (χ1v) is 6.13. The molecular weight excluding hydrogens is 331 g/mol. The van der Waals surface area contributed by atoms with E-state index in [0.717, 1.165) is 11.1 Å². The molecule has 5 heteroatoms. The molecule has 88 valence electrons. The number of halogens is 1. The van der Waals surface area contributed by atoms with Crippen molar-refractivity contribution in [3.63, 3.8) is 0 Å². The standard InChI is InChI=1S/C12H11IN2O2/c1-7-3-8(2)5-9(4-7)17-12-10(13)11(16)14-6-15-12/h3-6H,1-2H3,(H,14,15,16). The molecule has 0 amide bonds. The fraction of sp³-hybridized carbons (Fsp3) is 0.167. The number of H-pyrrole nitrogens is 1.